The van der Waals surface area contributed by atoms with E-state index in [0.717, 1.165) is 16.7 Å². The third-order valence-corrected chi connectivity index (χ3v) is 5.58. The van der Waals surface area contributed by atoms with Crippen molar-refractivity contribution in [2.24, 2.45) is 5.14 Å². The van der Waals surface area contributed by atoms with Gasteiger partial charge in [-0.1, -0.05) is 60.7 Å². The van der Waals surface area contributed by atoms with Crippen LogP contribution in [0.1, 0.15) is 29.7 Å². The maximum absolute atomic E-state index is 12.3. The molecule has 0 aromatic heterocycles. The number of nitrogens with one attached hydrogen (secondary N) is 1. The van der Waals surface area contributed by atoms with E-state index in [1.807, 2.05) is 61.5 Å². The first-order valence-electron chi connectivity index (χ1n) is 9.49. The van der Waals surface area contributed by atoms with Gasteiger partial charge in [-0.3, -0.25) is 4.79 Å². The van der Waals surface area contributed by atoms with Gasteiger partial charge in [-0.15, -0.1) is 0 Å². The summed E-state index contributed by atoms with van der Waals surface area (Å²) in [6, 6.07) is 23.5. The van der Waals surface area contributed by atoms with Crippen molar-refractivity contribution in [2.75, 3.05) is 6.61 Å². The Bertz CT molecular complexity index is 1100. The SMILES string of the molecule is C[C@H](NC(=O)COc1ccccc1Cc1ccccc1)c1ccc(S(N)(=O)=O)cc1. The highest BCUT2D eigenvalue weighted by molar-refractivity contribution is 7.89. The number of para-hydroxylation sites is 1. The second-order valence-electron chi connectivity index (χ2n) is 6.96. The Morgan fingerprint density at radius 3 is 2.27 bits per heavy atom. The third kappa shape index (κ3) is 5.92. The van der Waals surface area contributed by atoms with Crippen molar-refractivity contribution in [1.29, 1.82) is 0 Å². The van der Waals surface area contributed by atoms with E-state index in [-0.39, 0.29) is 23.5 Å². The maximum atomic E-state index is 12.3. The fraction of sp³-hybridized carbons (Fsp3) is 0.174. The molecular formula is C23H24N2O4S. The average molecular weight is 425 g/mol. The van der Waals surface area contributed by atoms with Gasteiger partial charge >= 0.3 is 0 Å². The normalized spacial score (nSPS) is 12.2. The number of rotatable bonds is 8. The molecule has 0 unspecified atom stereocenters. The van der Waals surface area contributed by atoms with Gasteiger partial charge in [-0.05, 0) is 41.8 Å². The molecule has 1 atom stereocenters. The lowest BCUT2D eigenvalue weighted by Gasteiger charge is -2.16. The number of hydrogen-bond donors (Lipinski definition) is 2. The Kier molecular flexibility index (Phi) is 6.87. The van der Waals surface area contributed by atoms with Crippen LogP contribution in [0.25, 0.3) is 0 Å². The molecule has 3 aromatic rings. The molecule has 30 heavy (non-hydrogen) atoms. The van der Waals surface area contributed by atoms with Crippen molar-refractivity contribution in [3.8, 4) is 5.75 Å². The molecule has 0 bridgehead atoms. The number of hydrogen-bond acceptors (Lipinski definition) is 4. The quantitative estimate of drug-likeness (QED) is 0.580. The Balaban J connectivity index is 1.58. The van der Waals surface area contributed by atoms with E-state index < -0.39 is 10.0 Å². The number of amides is 1. The lowest BCUT2D eigenvalue weighted by atomic mass is 10.0. The van der Waals surface area contributed by atoms with Gasteiger partial charge in [0.15, 0.2) is 6.61 Å². The van der Waals surface area contributed by atoms with Crippen LogP contribution >= 0.6 is 0 Å². The fourth-order valence-electron chi connectivity index (χ4n) is 3.06. The molecule has 156 valence electrons. The van der Waals surface area contributed by atoms with Gasteiger partial charge in [0.25, 0.3) is 5.91 Å². The summed E-state index contributed by atoms with van der Waals surface area (Å²) < 4.78 is 28.5. The molecule has 0 aliphatic heterocycles. The van der Waals surface area contributed by atoms with E-state index >= 15 is 0 Å². The van der Waals surface area contributed by atoms with E-state index in [0.29, 0.717) is 12.2 Å². The van der Waals surface area contributed by atoms with Gasteiger partial charge in [-0.2, -0.15) is 0 Å². The average Bonchev–Trinajstić information content (AvgIpc) is 2.73. The Labute approximate surface area is 176 Å². The van der Waals surface area contributed by atoms with E-state index in [9.17, 15) is 13.2 Å². The molecule has 0 heterocycles. The molecule has 1 amide bonds. The summed E-state index contributed by atoms with van der Waals surface area (Å²) in [7, 11) is -3.74. The monoisotopic (exact) mass is 424 g/mol. The number of carbonyl (C=O) groups excluding carboxylic acids is 1. The molecular weight excluding hydrogens is 400 g/mol. The largest absolute Gasteiger partial charge is 0.483 e. The zero-order valence-corrected chi connectivity index (χ0v) is 17.4. The topological polar surface area (TPSA) is 98.5 Å². The summed E-state index contributed by atoms with van der Waals surface area (Å²) >= 11 is 0. The zero-order chi connectivity index (χ0) is 21.6. The summed E-state index contributed by atoms with van der Waals surface area (Å²) in [5.74, 6) is 0.397. The van der Waals surface area contributed by atoms with Gasteiger partial charge in [0.2, 0.25) is 10.0 Å². The number of sulfonamides is 1. The van der Waals surface area contributed by atoms with Crippen LogP contribution in [0.4, 0.5) is 0 Å². The van der Waals surface area contributed by atoms with Crippen molar-refractivity contribution >= 4 is 15.9 Å². The number of primary sulfonamides is 1. The fourth-order valence-corrected chi connectivity index (χ4v) is 3.58. The summed E-state index contributed by atoms with van der Waals surface area (Å²) in [4.78, 5) is 12.4. The molecule has 6 nitrogen and oxygen atoms in total. The predicted molar refractivity (Wildman–Crippen MR) is 116 cm³/mol. The highest BCUT2D eigenvalue weighted by Crippen LogP contribution is 2.21. The third-order valence-electron chi connectivity index (χ3n) is 4.65. The highest BCUT2D eigenvalue weighted by atomic mass is 32.2. The molecule has 3 aromatic carbocycles. The highest BCUT2D eigenvalue weighted by Gasteiger charge is 2.13. The molecule has 3 rings (SSSR count). The van der Waals surface area contributed by atoms with Crippen LogP contribution in [0.5, 0.6) is 5.75 Å². The lowest BCUT2D eigenvalue weighted by Crippen LogP contribution is -2.31. The Morgan fingerprint density at radius 2 is 1.60 bits per heavy atom. The van der Waals surface area contributed by atoms with Gasteiger partial charge in [0, 0.05) is 6.42 Å². The van der Waals surface area contributed by atoms with Crippen LogP contribution in [-0.4, -0.2) is 20.9 Å². The van der Waals surface area contributed by atoms with Crippen LogP contribution in [0.2, 0.25) is 0 Å². The minimum Gasteiger partial charge on any atom is -0.483 e. The van der Waals surface area contributed by atoms with Gasteiger partial charge in [-0.25, -0.2) is 13.6 Å². The number of nitrogens with two attached hydrogens (primary N) is 1. The van der Waals surface area contributed by atoms with Crippen LogP contribution in [0.3, 0.4) is 0 Å². The van der Waals surface area contributed by atoms with E-state index in [4.69, 9.17) is 9.88 Å². The molecule has 0 aliphatic carbocycles. The van der Waals surface area contributed by atoms with Crippen LogP contribution in [0, 0.1) is 0 Å². The number of carbonyl (C=O) groups is 1. The first-order valence-corrected chi connectivity index (χ1v) is 11.0. The van der Waals surface area contributed by atoms with E-state index in [2.05, 4.69) is 5.32 Å². The summed E-state index contributed by atoms with van der Waals surface area (Å²) in [5, 5.41) is 7.95. The smallest absolute Gasteiger partial charge is 0.258 e. The molecule has 0 aliphatic rings. The van der Waals surface area contributed by atoms with E-state index in [1.54, 1.807) is 12.1 Å². The van der Waals surface area contributed by atoms with Gasteiger partial charge in [0.05, 0.1) is 10.9 Å². The molecule has 0 saturated heterocycles. The molecule has 0 fully saturated rings. The number of ether oxygens (including phenoxy) is 1. The predicted octanol–water partition coefficient (Wildman–Crippen LogP) is 3.18. The Hall–Kier alpha value is -3.16. The summed E-state index contributed by atoms with van der Waals surface area (Å²) in [6.07, 6.45) is 0.714. The first-order chi connectivity index (χ1) is 14.3. The Morgan fingerprint density at radius 1 is 0.967 bits per heavy atom. The van der Waals surface area contributed by atoms with Crippen molar-refractivity contribution in [3.63, 3.8) is 0 Å². The van der Waals surface area contributed by atoms with Crippen LogP contribution in [-0.2, 0) is 21.2 Å². The van der Waals surface area contributed by atoms with E-state index in [1.165, 1.54) is 12.1 Å². The summed E-state index contributed by atoms with van der Waals surface area (Å²) in [6.45, 7) is 1.69. The van der Waals surface area contributed by atoms with Gasteiger partial charge in [0.1, 0.15) is 5.75 Å². The molecule has 0 radical (unpaired) electrons. The standard InChI is InChI=1S/C23H24N2O4S/c1-17(19-11-13-21(14-12-19)30(24,27)28)25-23(26)16-29-22-10-6-5-9-20(22)15-18-7-3-2-4-8-18/h2-14,17H,15-16H2,1H3,(H,25,26)(H2,24,27,28)/t17-/m0/s1. The van der Waals surface area contributed by atoms with Gasteiger partial charge < -0.3 is 10.1 Å². The molecule has 0 spiro atoms. The maximum Gasteiger partial charge on any atom is 0.258 e. The van der Waals surface area contributed by atoms with Crippen molar-refractivity contribution in [2.45, 2.75) is 24.3 Å². The molecule has 0 saturated carbocycles. The summed E-state index contributed by atoms with van der Waals surface area (Å²) in [5.41, 5.74) is 2.93. The van der Waals surface area contributed by atoms with Crippen LogP contribution in [0.15, 0.2) is 83.8 Å². The van der Waals surface area contributed by atoms with Crippen molar-refractivity contribution in [3.05, 3.63) is 95.6 Å². The second-order valence-corrected chi connectivity index (χ2v) is 8.52. The lowest BCUT2D eigenvalue weighted by molar-refractivity contribution is -0.123. The zero-order valence-electron chi connectivity index (χ0n) is 16.6. The van der Waals surface area contributed by atoms with Crippen LogP contribution < -0.4 is 15.2 Å². The molecule has 7 heteroatoms. The first kappa shape index (κ1) is 21.5. The van der Waals surface area contributed by atoms with Crippen molar-refractivity contribution < 1.29 is 17.9 Å². The molecule has 3 N–H and O–H groups in total. The number of benzene rings is 3. The van der Waals surface area contributed by atoms with Crippen molar-refractivity contribution in [1.82, 2.24) is 5.32 Å². The second kappa shape index (κ2) is 9.56. The minimum atomic E-state index is -3.74. The minimum absolute atomic E-state index is 0.0307.